The van der Waals surface area contributed by atoms with Gasteiger partial charge in [-0.15, -0.1) is 10.2 Å². The number of nitrogens with one attached hydrogen (secondary N) is 2. The SMILES string of the molecule is FC(F)(F)c1nnco1.O=S(=O)(Nc1cccc(F)c1)N1CCNCC1. The maximum Gasteiger partial charge on any atom is 0.470 e. The van der Waals surface area contributed by atoms with Crippen molar-refractivity contribution in [2.24, 2.45) is 0 Å². The van der Waals surface area contributed by atoms with Gasteiger partial charge in [-0.3, -0.25) is 4.72 Å². The normalized spacial score (nSPS) is 15.8. The van der Waals surface area contributed by atoms with Crippen molar-refractivity contribution in [2.45, 2.75) is 6.18 Å². The van der Waals surface area contributed by atoms with Crippen molar-refractivity contribution in [3.63, 3.8) is 0 Å². The summed E-state index contributed by atoms with van der Waals surface area (Å²) in [5, 5.41) is 8.56. The first-order valence-corrected chi connectivity index (χ1v) is 8.70. The molecule has 1 aromatic carbocycles. The molecule has 0 unspecified atom stereocenters. The van der Waals surface area contributed by atoms with Crippen LogP contribution >= 0.6 is 0 Å². The van der Waals surface area contributed by atoms with Crippen molar-refractivity contribution < 1.29 is 30.4 Å². The molecule has 2 aromatic rings. The summed E-state index contributed by atoms with van der Waals surface area (Å²) in [6, 6.07) is 5.40. The number of aromatic nitrogens is 2. The summed E-state index contributed by atoms with van der Waals surface area (Å²) in [6.07, 6.45) is -3.89. The minimum absolute atomic E-state index is 0.239. The third-order valence-corrected chi connectivity index (χ3v) is 4.63. The van der Waals surface area contributed by atoms with E-state index in [4.69, 9.17) is 0 Å². The summed E-state index contributed by atoms with van der Waals surface area (Å²) in [4.78, 5) is 0. The molecule has 2 heterocycles. The van der Waals surface area contributed by atoms with Crippen molar-refractivity contribution in [2.75, 3.05) is 30.9 Å². The van der Waals surface area contributed by atoms with Crippen LogP contribution in [-0.4, -0.2) is 49.1 Å². The first-order chi connectivity index (χ1) is 12.2. The fraction of sp³-hybridized carbons (Fsp3) is 0.385. The smallest absolute Gasteiger partial charge is 0.420 e. The van der Waals surface area contributed by atoms with Crippen molar-refractivity contribution in [1.29, 1.82) is 0 Å². The summed E-state index contributed by atoms with van der Waals surface area (Å²) < 4.78 is 78.6. The molecule has 1 saturated heterocycles. The second kappa shape index (κ2) is 8.42. The lowest BCUT2D eigenvalue weighted by Gasteiger charge is -2.26. The summed E-state index contributed by atoms with van der Waals surface area (Å²) in [6.45, 7) is 2.10. The van der Waals surface area contributed by atoms with Crippen LogP contribution in [-0.2, 0) is 16.4 Å². The first kappa shape index (κ1) is 20.1. The van der Waals surface area contributed by atoms with Crippen LogP contribution in [0.25, 0.3) is 0 Å². The lowest BCUT2D eigenvalue weighted by atomic mass is 10.3. The third-order valence-electron chi connectivity index (χ3n) is 3.09. The van der Waals surface area contributed by atoms with Crippen LogP contribution in [0.5, 0.6) is 0 Å². The summed E-state index contributed by atoms with van der Waals surface area (Å²) in [5.41, 5.74) is 0.239. The zero-order valence-corrected chi connectivity index (χ0v) is 14.0. The van der Waals surface area contributed by atoms with E-state index in [0.29, 0.717) is 32.6 Å². The van der Waals surface area contributed by atoms with Crippen LogP contribution < -0.4 is 10.0 Å². The molecule has 1 aromatic heterocycles. The molecule has 13 heteroatoms. The van der Waals surface area contributed by atoms with E-state index in [1.54, 1.807) is 0 Å². The molecule has 2 N–H and O–H groups in total. The molecule has 1 aliphatic rings. The summed E-state index contributed by atoms with van der Waals surface area (Å²) in [5.74, 6) is -1.78. The lowest BCUT2D eigenvalue weighted by molar-refractivity contribution is -0.157. The number of piperazine rings is 1. The Morgan fingerprint density at radius 3 is 2.42 bits per heavy atom. The Kier molecular flexibility index (Phi) is 6.50. The van der Waals surface area contributed by atoms with E-state index in [-0.39, 0.29) is 5.69 Å². The Morgan fingerprint density at radius 2 is 1.92 bits per heavy atom. The Labute approximate surface area is 146 Å². The van der Waals surface area contributed by atoms with Gasteiger partial charge in [-0.1, -0.05) is 6.07 Å². The van der Waals surface area contributed by atoms with Gasteiger partial charge in [-0.2, -0.15) is 25.9 Å². The molecule has 0 amide bonds. The van der Waals surface area contributed by atoms with E-state index in [2.05, 4.69) is 24.7 Å². The van der Waals surface area contributed by atoms with Gasteiger partial charge in [0, 0.05) is 26.2 Å². The Hall–Kier alpha value is -2.25. The second-order valence-electron chi connectivity index (χ2n) is 5.01. The fourth-order valence-corrected chi connectivity index (χ4v) is 3.16. The van der Waals surface area contributed by atoms with Crippen LogP contribution in [0, 0.1) is 5.82 Å². The minimum Gasteiger partial charge on any atom is -0.420 e. The molecule has 26 heavy (non-hydrogen) atoms. The van der Waals surface area contributed by atoms with Gasteiger partial charge in [-0.25, -0.2) is 4.39 Å². The molecule has 0 radical (unpaired) electrons. The number of alkyl halides is 3. The van der Waals surface area contributed by atoms with Crippen LogP contribution in [0.2, 0.25) is 0 Å². The van der Waals surface area contributed by atoms with Gasteiger partial charge in [0.25, 0.3) is 0 Å². The van der Waals surface area contributed by atoms with E-state index in [0.717, 1.165) is 6.07 Å². The molecule has 3 rings (SSSR count). The largest absolute Gasteiger partial charge is 0.470 e. The lowest BCUT2D eigenvalue weighted by Crippen LogP contribution is -2.48. The second-order valence-corrected chi connectivity index (χ2v) is 6.68. The molecule has 0 spiro atoms. The van der Waals surface area contributed by atoms with Crippen molar-refractivity contribution in [1.82, 2.24) is 19.8 Å². The summed E-state index contributed by atoms with van der Waals surface area (Å²) >= 11 is 0. The van der Waals surface area contributed by atoms with Crippen LogP contribution in [0.3, 0.4) is 0 Å². The number of halogens is 4. The number of rotatable bonds is 3. The van der Waals surface area contributed by atoms with E-state index in [1.165, 1.54) is 22.5 Å². The van der Waals surface area contributed by atoms with Gasteiger partial charge >= 0.3 is 22.3 Å². The standard InChI is InChI=1S/C10H14FN3O2S.C3HF3N2O/c11-9-2-1-3-10(8-9)13-17(15,16)14-6-4-12-5-7-14;4-3(5,6)2-8-7-1-9-2/h1-3,8,12-13H,4-7H2;1H. The van der Waals surface area contributed by atoms with Crippen LogP contribution in [0.4, 0.5) is 23.2 Å². The van der Waals surface area contributed by atoms with Gasteiger partial charge in [0.15, 0.2) is 0 Å². The van der Waals surface area contributed by atoms with E-state index in [1.807, 2.05) is 0 Å². The van der Waals surface area contributed by atoms with E-state index >= 15 is 0 Å². The Bertz CT molecular complexity index is 792. The highest BCUT2D eigenvalue weighted by molar-refractivity contribution is 7.90. The minimum atomic E-state index is -4.52. The van der Waals surface area contributed by atoms with Gasteiger partial charge in [-0.05, 0) is 18.2 Å². The number of anilines is 1. The quantitative estimate of drug-likeness (QED) is 0.761. The van der Waals surface area contributed by atoms with Crippen molar-refractivity contribution >= 4 is 15.9 Å². The maximum atomic E-state index is 12.9. The molecule has 1 aliphatic heterocycles. The average Bonchev–Trinajstić information content (AvgIpc) is 3.11. The number of nitrogens with zero attached hydrogens (tertiary/aromatic N) is 3. The number of hydrogen-bond acceptors (Lipinski definition) is 6. The van der Waals surface area contributed by atoms with E-state index in [9.17, 15) is 26.0 Å². The highest BCUT2D eigenvalue weighted by Crippen LogP contribution is 2.26. The molecule has 0 aliphatic carbocycles. The molecule has 0 bridgehead atoms. The highest BCUT2D eigenvalue weighted by atomic mass is 32.2. The molecule has 8 nitrogen and oxygen atoms in total. The van der Waals surface area contributed by atoms with Crippen LogP contribution in [0.1, 0.15) is 5.89 Å². The van der Waals surface area contributed by atoms with Crippen molar-refractivity contribution in [3.8, 4) is 0 Å². The highest BCUT2D eigenvalue weighted by Gasteiger charge is 2.37. The topological polar surface area (TPSA) is 100 Å². The Morgan fingerprint density at radius 1 is 1.23 bits per heavy atom. The molecule has 0 saturated carbocycles. The van der Waals surface area contributed by atoms with Crippen LogP contribution in [0.15, 0.2) is 35.1 Å². The molecule has 1 fully saturated rings. The predicted molar refractivity (Wildman–Crippen MR) is 82.7 cm³/mol. The summed E-state index contributed by atoms with van der Waals surface area (Å²) in [7, 11) is -3.58. The fourth-order valence-electron chi connectivity index (χ4n) is 1.95. The molecule has 144 valence electrons. The van der Waals surface area contributed by atoms with Gasteiger partial charge in [0.1, 0.15) is 5.82 Å². The number of hydrogen-bond donors (Lipinski definition) is 2. The zero-order chi connectivity index (χ0) is 19.2. The van der Waals surface area contributed by atoms with Gasteiger partial charge in [0.2, 0.25) is 6.39 Å². The third kappa shape index (κ3) is 5.93. The Balaban J connectivity index is 0.000000228. The van der Waals surface area contributed by atoms with Gasteiger partial charge in [0.05, 0.1) is 5.69 Å². The first-order valence-electron chi connectivity index (χ1n) is 7.26. The van der Waals surface area contributed by atoms with E-state index < -0.39 is 28.1 Å². The molecular weight excluding hydrogens is 382 g/mol. The average molecular weight is 397 g/mol. The monoisotopic (exact) mass is 397 g/mol. The predicted octanol–water partition coefficient (Wildman–Crippen LogP) is 1.48. The molecule has 0 atom stereocenters. The van der Waals surface area contributed by atoms with Gasteiger partial charge < -0.3 is 9.73 Å². The number of benzene rings is 1. The molecular formula is C13H15F4N5O3S. The maximum absolute atomic E-state index is 12.9. The zero-order valence-electron chi connectivity index (χ0n) is 13.2. The van der Waals surface area contributed by atoms with Crippen molar-refractivity contribution in [3.05, 3.63) is 42.4 Å².